The van der Waals surface area contributed by atoms with Gasteiger partial charge in [0.1, 0.15) is 11.5 Å². The van der Waals surface area contributed by atoms with Crippen LogP contribution in [0.25, 0.3) is 0 Å². The normalized spacial score (nSPS) is 13.1. The van der Waals surface area contributed by atoms with E-state index < -0.39 is 12.6 Å². The molecule has 1 saturated carbocycles. The van der Waals surface area contributed by atoms with Crippen LogP contribution in [-0.4, -0.2) is 41.6 Å². The molecule has 1 aliphatic rings. The number of carbonyl (C=O) groups excluding carboxylic acids is 1. The van der Waals surface area contributed by atoms with Gasteiger partial charge in [0.25, 0.3) is 5.91 Å². The Morgan fingerprint density at radius 3 is 2.46 bits per heavy atom. The number of amides is 1. The summed E-state index contributed by atoms with van der Waals surface area (Å²) in [6.45, 7) is 0.0868. The molecule has 6 nitrogen and oxygen atoms in total. The minimum absolute atomic E-state index is 0.0795. The number of aliphatic carboxylic acids is 1. The molecule has 136 valence electrons. The zero-order valence-corrected chi connectivity index (χ0v) is 14.6. The molecule has 1 N–H and O–H groups in total. The van der Waals surface area contributed by atoms with Gasteiger partial charge in [-0.15, -0.1) is 0 Å². The topological polar surface area (TPSA) is 76.1 Å². The summed E-state index contributed by atoms with van der Waals surface area (Å²) in [6, 6.07) is 14.6. The number of ether oxygens (including phenoxy) is 2. The summed E-state index contributed by atoms with van der Waals surface area (Å²) >= 11 is 0. The Balaban J connectivity index is 1.74. The van der Waals surface area contributed by atoms with Crippen LogP contribution in [0, 0.1) is 0 Å². The van der Waals surface area contributed by atoms with Crippen LogP contribution in [0.2, 0.25) is 0 Å². The zero-order chi connectivity index (χ0) is 18.5. The Kier molecular flexibility index (Phi) is 5.41. The molecule has 3 rings (SSSR count). The molecule has 0 spiro atoms. The van der Waals surface area contributed by atoms with E-state index in [4.69, 9.17) is 14.6 Å². The largest absolute Gasteiger partial charge is 0.497 e. The van der Waals surface area contributed by atoms with Gasteiger partial charge < -0.3 is 19.5 Å². The van der Waals surface area contributed by atoms with Gasteiger partial charge in [-0.25, -0.2) is 4.79 Å². The second kappa shape index (κ2) is 7.91. The molecular weight excluding hydrogens is 334 g/mol. The Labute approximate surface area is 152 Å². The first-order valence-corrected chi connectivity index (χ1v) is 8.45. The average molecular weight is 355 g/mol. The van der Waals surface area contributed by atoms with Gasteiger partial charge in [-0.2, -0.15) is 0 Å². The van der Waals surface area contributed by atoms with Crippen LogP contribution < -0.4 is 9.47 Å². The highest BCUT2D eigenvalue weighted by Gasteiger charge is 2.33. The molecular formula is C20H21NO5. The summed E-state index contributed by atoms with van der Waals surface area (Å²) in [5, 5.41) is 8.71. The summed E-state index contributed by atoms with van der Waals surface area (Å²) in [4.78, 5) is 25.5. The molecule has 0 aliphatic heterocycles. The molecule has 1 aliphatic carbocycles. The van der Waals surface area contributed by atoms with Crippen molar-refractivity contribution >= 4 is 11.9 Å². The Morgan fingerprint density at radius 2 is 1.85 bits per heavy atom. The highest BCUT2D eigenvalue weighted by molar-refractivity contribution is 5.95. The summed E-state index contributed by atoms with van der Waals surface area (Å²) in [7, 11) is 1.62. The Bertz CT molecular complexity index is 783. The number of rotatable bonds is 8. The van der Waals surface area contributed by atoms with E-state index in [1.807, 2.05) is 29.2 Å². The number of benzene rings is 2. The summed E-state index contributed by atoms with van der Waals surface area (Å²) in [5.41, 5.74) is 1.53. The Hall–Kier alpha value is -3.02. The summed E-state index contributed by atoms with van der Waals surface area (Å²) < 4.78 is 10.3. The molecule has 0 heterocycles. The molecule has 0 unspecified atom stereocenters. The first-order chi connectivity index (χ1) is 12.6. The number of carboxylic acids is 1. The van der Waals surface area contributed by atoms with Gasteiger partial charge in [0.2, 0.25) is 0 Å². The van der Waals surface area contributed by atoms with Crippen LogP contribution >= 0.6 is 0 Å². The number of methoxy groups -OCH3 is 1. The molecule has 2 aromatic carbocycles. The first-order valence-electron chi connectivity index (χ1n) is 8.45. The second-order valence-electron chi connectivity index (χ2n) is 6.22. The van der Waals surface area contributed by atoms with E-state index in [0.29, 0.717) is 17.9 Å². The maximum absolute atomic E-state index is 13.0. The SMILES string of the molecule is COc1ccc(CN(C(=O)c2cccc(OCC(=O)O)c2)C2CC2)cc1. The lowest BCUT2D eigenvalue weighted by Crippen LogP contribution is -2.32. The lowest BCUT2D eigenvalue weighted by Gasteiger charge is -2.23. The van der Waals surface area contributed by atoms with Gasteiger partial charge in [-0.3, -0.25) is 4.79 Å². The van der Waals surface area contributed by atoms with Crippen molar-refractivity contribution in [3.8, 4) is 11.5 Å². The van der Waals surface area contributed by atoms with Gasteiger partial charge in [-0.1, -0.05) is 18.2 Å². The predicted molar refractivity (Wildman–Crippen MR) is 95.5 cm³/mol. The van der Waals surface area contributed by atoms with Crippen molar-refractivity contribution < 1.29 is 24.2 Å². The van der Waals surface area contributed by atoms with Crippen molar-refractivity contribution in [1.29, 1.82) is 0 Å². The lowest BCUT2D eigenvalue weighted by atomic mass is 10.1. The fraction of sp³-hybridized carbons (Fsp3) is 0.300. The molecule has 1 amide bonds. The van der Waals surface area contributed by atoms with E-state index in [2.05, 4.69) is 0 Å². The van der Waals surface area contributed by atoms with Crippen molar-refractivity contribution in [2.45, 2.75) is 25.4 Å². The average Bonchev–Trinajstić information content (AvgIpc) is 3.49. The third-order valence-electron chi connectivity index (χ3n) is 4.20. The zero-order valence-electron chi connectivity index (χ0n) is 14.6. The van der Waals surface area contributed by atoms with E-state index in [1.54, 1.807) is 31.4 Å². The van der Waals surface area contributed by atoms with E-state index in [0.717, 1.165) is 24.2 Å². The maximum atomic E-state index is 13.0. The standard InChI is InChI=1S/C20H21NO5/c1-25-17-9-5-14(6-10-17)12-21(16-7-8-16)20(24)15-3-2-4-18(11-15)26-13-19(22)23/h2-6,9-11,16H,7-8,12-13H2,1H3,(H,22,23). The van der Waals surface area contributed by atoms with Crippen LogP contribution in [0.4, 0.5) is 0 Å². The molecule has 0 aromatic heterocycles. The number of hydrogen-bond acceptors (Lipinski definition) is 4. The fourth-order valence-electron chi connectivity index (χ4n) is 2.71. The molecule has 0 atom stereocenters. The van der Waals surface area contributed by atoms with E-state index >= 15 is 0 Å². The van der Waals surface area contributed by atoms with Crippen LogP contribution in [0.5, 0.6) is 11.5 Å². The second-order valence-corrected chi connectivity index (χ2v) is 6.22. The van der Waals surface area contributed by atoms with Gasteiger partial charge >= 0.3 is 5.97 Å². The molecule has 26 heavy (non-hydrogen) atoms. The third kappa shape index (κ3) is 4.53. The van der Waals surface area contributed by atoms with Gasteiger partial charge in [0.15, 0.2) is 6.61 Å². The quantitative estimate of drug-likeness (QED) is 0.788. The van der Waals surface area contributed by atoms with Crippen molar-refractivity contribution in [1.82, 2.24) is 4.90 Å². The lowest BCUT2D eigenvalue weighted by molar-refractivity contribution is -0.139. The maximum Gasteiger partial charge on any atom is 0.341 e. The number of nitrogens with zero attached hydrogens (tertiary/aromatic N) is 1. The highest BCUT2D eigenvalue weighted by Crippen LogP contribution is 2.30. The number of carboxylic acid groups (broad SMARTS) is 1. The van der Waals surface area contributed by atoms with Crippen molar-refractivity contribution in [2.24, 2.45) is 0 Å². The van der Waals surface area contributed by atoms with Crippen molar-refractivity contribution in [3.63, 3.8) is 0 Å². The molecule has 2 aromatic rings. The number of carbonyl (C=O) groups is 2. The van der Waals surface area contributed by atoms with Crippen LogP contribution in [0.1, 0.15) is 28.8 Å². The van der Waals surface area contributed by atoms with E-state index in [-0.39, 0.29) is 11.9 Å². The smallest absolute Gasteiger partial charge is 0.341 e. The molecule has 1 fully saturated rings. The van der Waals surface area contributed by atoms with Crippen molar-refractivity contribution in [2.75, 3.05) is 13.7 Å². The minimum Gasteiger partial charge on any atom is -0.497 e. The molecule has 0 radical (unpaired) electrons. The predicted octanol–water partition coefficient (Wildman–Crippen LogP) is 2.96. The van der Waals surface area contributed by atoms with Gasteiger partial charge in [-0.05, 0) is 48.7 Å². The third-order valence-corrected chi connectivity index (χ3v) is 4.20. The van der Waals surface area contributed by atoms with E-state index in [9.17, 15) is 9.59 Å². The van der Waals surface area contributed by atoms with E-state index in [1.165, 1.54) is 0 Å². The number of hydrogen-bond donors (Lipinski definition) is 1. The van der Waals surface area contributed by atoms with Crippen LogP contribution in [-0.2, 0) is 11.3 Å². The molecule has 0 saturated heterocycles. The monoisotopic (exact) mass is 355 g/mol. The van der Waals surface area contributed by atoms with Crippen molar-refractivity contribution in [3.05, 3.63) is 59.7 Å². The fourth-order valence-corrected chi connectivity index (χ4v) is 2.71. The molecule has 6 heteroatoms. The highest BCUT2D eigenvalue weighted by atomic mass is 16.5. The van der Waals surface area contributed by atoms with Gasteiger partial charge in [0.05, 0.1) is 7.11 Å². The summed E-state index contributed by atoms with van der Waals surface area (Å²) in [6.07, 6.45) is 1.99. The minimum atomic E-state index is -1.05. The molecule has 0 bridgehead atoms. The van der Waals surface area contributed by atoms with Crippen LogP contribution in [0.15, 0.2) is 48.5 Å². The summed E-state index contributed by atoms with van der Waals surface area (Å²) in [5.74, 6) is 0.0182. The first kappa shape index (κ1) is 17.8. The van der Waals surface area contributed by atoms with Crippen LogP contribution in [0.3, 0.4) is 0 Å². The Morgan fingerprint density at radius 1 is 1.12 bits per heavy atom. The van der Waals surface area contributed by atoms with Gasteiger partial charge in [0, 0.05) is 18.2 Å².